The first-order valence-corrected chi connectivity index (χ1v) is 10.6. The van der Waals surface area contributed by atoms with E-state index in [1.54, 1.807) is 12.1 Å². The Morgan fingerprint density at radius 1 is 0.935 bits per heavy atom. The number of nitrogens with one attached hydrogen (secondary N) is 1. The normalized spacial score (nSPS) is 10.6. The summed E-state index contributed by atoms with van der Waals surface area (Å²) in [5.74, 6) is 1.37. The van der Waals surface area contributed by atoms with Crippen LogP contribution in [0.15, 0.2) is 82.4 Å². The molecule has 0 atom stereocenters. The van der Waals surface area contributed by atoms with E-state index < -0.39 is 0 Å². The maximum atomic E-state index is 12.1. The lowest BCUT2D eigenvalue weighted by Crippen LogP contribution is -2.24. The van der Waals surface area contributed by atoms with Crippen molar-refractivity contribution >= 4 is 28.1 Å². The van der Waals surface area contributed by atoms with Gasteiger partial charge in [-0.15, -0.1) is 0 Å². The number of para-hydroxylation sites is 2. The van der Waals surface area contributed by atoms with Gasteiger partial charge in [-0.25, -0.2) is 5.43 Å². The molecule has 7 heteroatoms. The highest BCUT2D eigenvalue weighted by atomic mass is 79.9. The van der Waals surface area contributed by atoms with Crippen molar-refractivity contribution in [3.8, 4) is 17.2 Å². The summed E-state index contributed by atoms with van der Waals surface area (Å²) in [7, 11) is 0. The van der Waals surface area contributed by atoms with Crippen LogP contribution in [0.2, 0.25) is 0 Å². The number of benzene rings is 3. The van der Waals surface area contributed by atoms with E-state index in [1.807, 2.05) is 67.6 Å². The van der Waals surface area contributed by atoms with Gasteiger partial charge in [-0.2, -0.15) is 5.10 Å². The van der Waals surface area contributed by atoms with Crippen molar-refractivity contribution in [2.24, 2.45) is 5.10 Å². The Morgan fingerprint density at radius 3 is 2.39 bits per heavy atom. The van der Waals surface area contributed by atoms with Crippen molar-refractivity contribution in [3.63, 3.8) is 0 Å². The standard InChI is InChI=1S/C24H23BrN2O4/c1-2-29-22-10-6-7-11-23(22)31-17-24(28)27-26-15-19-14-20(25)12-13-21(19)30-16-18-8-4-3-5-9-18/h3-15H,2,16-17H2,1H3,(H,27,28)/b26-15+. The smallest absolute Gasteiger partial charge is 0.277 e. The number of amides is 1. The van der Waals surface area contributed by atoms with Crippen molar-refractivity contribution in [1.82, 2.24) is 5.43 Å². The Balaban J connectivity index is 1.56. The first kappa shape index (κ1) is 22.4. The molecule has 0 heterocycles. The van der Waals surface area contributed by atoms with Crippen molar-refractivity contribution in [3.05, 3.63) is 88.4 Å². The molecule has 0 spiro atoms. The van der Waals surface area contributed by atoms with Crippen molar-refractivity contribution in [2.75, 3.05) is 13.2 Å². The van der Waals surface area contributed by atoms with Gasteiger partial charge in [0.25, 0.3) is 5.91 Å². The highest BCUT2D eigenvalue weighted by Gasteiger charge is 2.07. The Hall–Kier alpha value is -3.32. The molecule has 1 amide bonds. The Bertz CT molecular complexity index is 1030. The van der Waals surface area contributed by atoms with Crippen LogP contribution in [0.3, 0.4) is 0 Å². The van der Waals surface area contributed by atoms with E-state index in [-0.39, 0.29) is 12.5 Å². The van der Waals surface area contributed by atoms with Gasteiger partial charge >= 0.3 is 0 Å². The first-order chi connectivity index (χ1) is 15.2. The highest BCUT2D eigenvalue weighted by molar-refractivity contribution is 9.10. The van der Waals surface area contributed by atoms with Gasteiger partial charge in [0.1, 0.15) is 12.4 Å². The molecule has 0 saturated carbocycles. The van der Waals surface area contributed by atoms with Crippen LogP contribution >= 0.6 is 15.9 Å². The maximum Gasteiger partial charge on any atom is 0.277 e. The second-order valence-electron chi connectivity index (χ2n) is 6.42. The largest absolute Gasteiger partial charge is 0.490 e. The van der Waals surface area contributed by atoms with Crippen LogP contribution in [0, 0.1) is 0 Å². The maximum absolute atomic E-state index is 12.1. The molecule has 0 bridgehead atoms. The monoisotopic (exact) mass is 482 g/mol. The average Bonchev–Trinajstić information content (AvgIpc) is 2.79. The Labute approximate surface area is 190 Å². The van der Waals surface area contributed by atoms with Crippen LogP contribution in [0.5, 0.6) is 17.2 Å². The summed E-state index contributed by atoms with van der Waals surface area (Å²) in [5.41, 5.74) is 4.26. The predicted molar refractivity (Wildman–Crippen MR) is 124 cm³/mol. The predicted octanol–water partition coefficient (Wildman–Crippen LogP) is 4.96. The Morgan fingerprint density at radius 2 is 1.65 bits per heavy atom. The minimum Gasteiger partial charge on any atom is -0.490 e. The van der Waals surface area contributed by atoms with E-state index in [0.717, 1.165) is 15.6 Å². The molecular weight excluding hydrogens is 460 g/mol. The van der Waals surface area contributed by atoms with Gasteiger partial charge in [-0.05, 0) is 42.8 Å². The quantitative estimate of drug-likeness (QED) is 0.327. The molecule has 160 valence electrons. The van der Waals surface area contributed by atoms with Crippen molar-refractivity contribution in [2.45, 2.75) is 13.5 Å². The van der Waals surface area contributed by atoms with E-state index >= 15 is 0 Å². The molecule has 31 heavy (non-hydrogen) atoms. The van der Waals surface area contributed by atoms with Crippen LogP contribution < -0.4 is 19.6 Å². The lowest BCUT2D eigenvalue weighted by atomic mass is 10.2. The second-order valence-corrected chi connectivity index (χ2v) is 7.33. The molecule has 0 aromatic heterocycles. The fraction of sp³-hybridized carbons (Fsp3) is 0.167. The van der Waals surface area contributed by atoms with E-state index in [4.69, 9.17) is 14.2 Å². The van der Waals surface area contributed by atoms with E-state index in [2.05, 4.69) is 26.5 Å². The van der Waals surface area contributed by atoms with Gasteiger partial charge in [0, 0.05) is 10.0 Å². The van der Waals surface area contributed by atoms with Crippen LogP contribution in [-0.2, 0) is 11.4 Å². The lowest BCUT2D eigenvalue weighted by Gasteiger charge is -2.11. The zero-order chi connectivity index (χ0) is 21.9. The number of nitrogens with zero attached hydrogens (tertiary/aromatic N) is 1. The van der Waals surface area contributed by atoms with Crippen molar-refractivity contribution < 1.29 is 19.0 Å². The van der Waals surface area contributed by atoms with Gasteiger partial charge in [-0.3, -0.25) is 4.79 Å². The lowest BCUT2D eigenvalue weighted by molar-refractivity contribution is -0.123. The van der Waals surface area contributed by atoms with E-state index in [1.165, 1.54) is 6.21 Å². The van der Waals surface area contributed by atoms with E-state index in [0.29, 0.717) is 30.5 Å². The van der Waals surface area contributed by atoms with Crippen LogP contribution in [0.1, 0.15) is 18.1 Å². The molecule has 0 aliphatic rings. The number of hydrazone groups is 1. The zero-order valence-corrected chi connectivity index (χ0v) is 18.7. The van der Waals surface area contributed by atoms with Crippen LogP contribution in [0.4, 0.5) is 0 Å². The molecule has 0 aliphatic heterocycles. The zero-order valence-electron chi connectivity index (χ0n) is 17.1. The highest BCUT2D eigenvalue weighted by Crippen LogP contribution is 2.26. The Kier molecular flexibility index (Phi) is 8.48. The third-order valence-corrected chi connectivity index (χ3v) is 4.60. The number of hydrogen-bond acceptors (Lipinski definition) is 5. The number of ether oxygens (including phenoxy) is 3. The van der Waals surface area contributed by atoms with Crippen LogP contribution in [0.25, 0.3) is 0 Å². The summed E-state index contributed by atoms with van der Waals surface area (Å²) in [6.07, 6.45) is 1.54. The molecule has 1 N–H and O–H groups in total. The SMILES string of the molecule is CCOc1ccccc1OCC(=O)N/N=C/c1cc(Br)ccc1OCc1ccccc1. The minimum absolute atomic E-state index is 0.183. The summed E-state index contributed by atoms with van der Waals surface area (Å²) >= 11 is 3.45. The molecule has 0 fully saturated rings. The fourth-order valence-corrected chi connectivity index (χ4v) is 3.06. The molecule has 3 rings (SSSR count). The van der Waals surface area contributed by atoms with Gasteiger partial charge in [-0.1, -0.05) is 58.4 Å². The first-order valence-electron chi connectivity index (χ1n) is 9.78. The molecule has 3 aromatic rings. The average molecular weight is 483 g/mol. The number of hydrogen-bond donors (Lipinski definition) is 1. The summed E-state index contributed by atoms with van der Waals surface area (Å²) in [6.45, 7) is 2.65. The number of rotatable bonds is 10. The number of halogens is 1. The second kappa shape index (κ2) is 11.8. The van der Waals surface area contributed by atoms with Gasteiger partial charge in [0.05, 0.1) is 12.8 Å². The van der Waals surface area contributed by atoms with Crippen LogP contribution in [-0.4, -0.2) is 25.3 Å². The summed E-state index contributed by atoms with van der Waals surface area (Å²) in [4.78, 5) is 12.1. The van der Waals surface area contributed by atoms with Crippen molar-refractivity contribution in [1.29, 1.82) is 0 Å². The number of carbonyl (C=O) groups is 1. The van der Waals surface area contributed by atoms with Gasteiger partial charge in [0.2, 0.25) is 0 Å². The fourth-order valence-electron chi connectivity index (χ4n) is 2.68. The molecule has 3 aromatic carbocycles. The third-order valence-electron chi connectivity index (χ3n) is 4.11. The third kappa shape index (κ3) is 7.15. The molecule has 0 radical (unpaired) electrons. The van der Waals surface area contributed by atoms with Gasteiger partial charge in [0.15, 0.2) is 18.1 Å². The number of carbonyl (C=O) groups excluding carboxylic acids is 1. The molecular formula is C24H23BrN2O4. The summed E-state index contributed by atoms with van der Waals surface area (Å²) in [5, 5.41) is 4.03. The van der Waals surface area contributed by atoms with Gasteiger partial charge < -0.3 is 14.2 Å². The molecule has 0 saturated heterocycles. The molecule has 6 nitrogen and oxygen atoms in total. The summed E-state index contributed by atoms with van der Waals surface area (Å²) < 4.78 is 17.8. The van der Waals surface area contributed by atoms with E-state index in [9.17, 15) is 4.79 Å². The molecule has 0 aliphatic carbocycles. The topological polar surface area (TPSA) is 69.2 Å². The summed E-state index contributed by atoms with van der Waals surface area (Å²) in [6, 6.07) is 22.7. The molecule has 0 unspecified atom stereocenters. The minimum atomic E-state index is -0.385.